The van der Waals surface area contributed by atoms with E-state index in [0.717, 1.165) is 4.90 Å². The normalized spacial score (nSPS) is 13.8. The van der Waals surface area contributed by atoms with Crippen molar-refractivity contribution in [2.75, 3.05) is 120 Å². The Morgan fingerprint density at radius 1 is 0.709 bits per heavy atom. The van der Waals surface area contributed by atoms with Crippen LogP contribution in [0, 0.1) is 0 Å². The van der Waals surface area contributed by atoms with Gasteiger partial charge < -0.3 is 79.5 Å². The van der Waals surface area contributed by atoms with Crippen LogP contribution in [-0.2, 0) is 59.1 Å². The number of ether oxygens (including phenoxy) is 8. The van der Waals surface area contributed by atoms with Crippen LogP contribution in [0.3, 0.4) is 0 Å². The number of methoxy groups -OCH3 is 2. The summed E-state index contributed by atoms with van der Waals surface area (Å²) in [6, 6.07) is 4.28. The molecule has 0 spiro atoms. The number of hydrogen-bond donors (Lipinski definition) is 6. The van der Waals surface area contributed by atoms with Crippen molar-refractivity contribution in [3.63, 3.8) is 0 Å². The number of amides is 7. The number of hydrogen-bond acceptors (Lipinski definition) is 19. The molecule has 0 saturated heterocycles. The number of pyridine rings is 1. The molecule has 7 amide bonds. The molecule has 0 unspecified atom stereocenters. The van der Waals surface area contributed by atoms with Gasteiger partial charge in [-0.1, -0.05) is 0 Å². The van der Waals surface area contributed by atoms with Gasteiger partial charge in [-0.3, -0.25) is 48.1 Å². The number of nitrogens with two attached hydrogens (primary N) is 1. The predicted octanol–water partition coefficient (Wildman–Crippen LogP) is -0.708. The molecule has 0 fully saturated rings. The Balaban J connectivity index is 0.889. The molecule has 6 rings (SSSR count). The zero-order valence-corrected chi connectivity index (χ0v) is 44.7. The Morgan fingerprint density at radius 3 is 1.96 bits per heavy atom. The van der Waals surface area contributed by atoms with E-state index in [-0.39, 0.29) is 120 Å². The highest BCUT2D eigenvalue weighted by Gasteiger charge is 2.36. The van der Waals surface area contributed by atoms with Crippen LogP contribution in [0.2, 0.25) is 0 Å². The predicted molar refractivity (Wildman–Crippen MR) is 281 cm³/mol. The van der Waals surface area contributed by atoms with Gasteiger partial charge >= 0.3 is 0 Å². The minimum atomic E-state index is -1.07. The molecule has 1 aliphatic carbocycles. The SMILES string of the molecule is COc1cc2c3c(n(CCCN(CCO)C(=O)CNC(=O)[C@H](CCCCN)NC(=O)[C@H](C)NC(=O)CCOCCOCCOCCOCCNC(=O)CCN4C(=O)C=CC4=O)c(=O)c2cc1OC)-c1cc2c(cc1C3=O)OCO2. The number of unbranched alkanes of at least 4 members (excludes halogenated alkanes) is 1. The van der Waals surface area contributed by atoms with E-state index in [4.69, 9.17) is 43.6 Å². The number of nitrogens with one attached hydrogen (secondary N) is 4. The average Bonchev–Trinajstić information content (AvgIpc) is 4.24. The average molecular weight is 1110 g/mol. The van der Waals surface area contributed by atoms with Crippen LogP contribution in [0.5, 0.6) is 23.0 Å². The summed E-state index contributed by atoms with van der Waals surface area (Å²) in [4.78, 5) is 119. The Labute approximate surface area is 455 Å². The van der Waals surface area contributed by atoms with Gasteiger partial charge in [0.25, 0.3) is 17.4 Å². The molecule has 2 aliphatic heterocycles. The number of fused-ring (bicyclic) bond motifs is 6. The Kier molecular flexibility index (Phi) is 23.5. The number of aliphatic hydroxyl groups is 1. The summed E-state index contributed by atoms with van der Waals surface area (Å²) in [5.74, 6) is -2.36. The Hall–Kier alpha value is -7.49. The van der Waals surface area contributed by atoms with E-state index >= 15 is 0 Å². The zero-order chi connectivity index (χ0) is 56.8. The lowest BCUT2D eigenvalue weighted by Crippen LogP contribution is -2.54. The number of imide groups is 1. The van der Waals surface area contributed by atoms with Crippen molar-refractivity contribution in [1.29, 1.82) is 0 Å². The third kappa shape index (κ3) is 16.5. The Bertz CT molecular complexity index is 2770. The van der Waals surface area contributed by atoms with E-state index in [0.29, 0.717) is 85.3 Å². The molecule has 1 aromatic heterocycles. The smallest absolute Gasteiger partial charge is 0.259 e. The van der Waals surface area contributed by atoms with E-state index in [1.54, 1.807) is 18.2 Å². The van der Waals surface area contributed by atoms with Crippen LogP contribution >= 0.6 is 0 Å². The number of aromatic nitrogens is 1. The molecule has 0 saturated carbocycles. The molecular formula is C53H70N8O18. The standard InChI is InChI=1S/C53H70N8O18/c1-33(57-44(64)11-19-74-21-23-76-25-26-77-24-22-75-20-13-55-43(63)10-16-60-45(65)8-9-46(60)66)51(69)58-38(7-4-5-12-54)52(70)56-31-47(67)59(17-18-62)14-6-15-61-49-35-28-41-42(79-32-78-41)29-36(35)50(68)48(49)34-27-39(72-2)40(73-3)30-37(34)53(61)71/h8-9,27-30,33,38,62H,4-7,10-26,31-32,54H2,1-3H3,(H,55,63)(H,56,70)(H,57,64)(H,58,69)/t33-,38-/m0/s1. The molecule has 2 atom stereocenters. The highest BCUT2D eigenvalue weighted by atomic mass is 16.7. The molecule has 26 heteroatoms. The lowest BCUT2D eigenvalue weighted by molar-refractivity contribution is -0.137. The van der Waals surface area contributed by atoms with E-state index in [2.05, 4.69) is 21.3 Å². The quantitative estimate of drug-likeness (QED) is 0.0242. The first-order valence-electron chi connectivity index (χ1n) is 26.1. The van der Waals surface area contributed by atoms with Gasteiger partial charge in [0.15, 0.2) is 28.8 Å². The maximum atomic E-state index is 14.4. The van der Waals surface area contributed by atoms with E-state index in [9.17, 15) is 48.3 Å². The number of benzene rings is 2. The van der Waals surface area contributed by atoms with Gasteiger partial charge in [-0.15, -0.1) is 0 Å². The summed E-state index contributed by atoms with van der Waals surface area (Å²) in [6.07, 6.45) is 3.70. The summed E-state index contributed by atoms with van der Waals surface area (Å²) in [6.45, 7) is 3.13. The monoisotopic (exact) mass is 1110 g/mol. The van der Waals surface area contributed by atoms with Crippen molar-refractivity contribution in [2.45, 2.75) is 64.1 Å². The molecule has 3 aliphatic rings. The summed E-state index contributed by atoms with van der Waals surface area (Å²) >= 11 is 0. The first-order valence-corrected chi connectivity index (χ1v) is 26.1. The Morgan fingerprint density at radius 2 is 1.33 bits per heavy atom. The topological polar surface area (TPSA) is 333 Å². The summed E-state index contributed by atoms with van der Waals surface area (Å²) in [5.41, 5.74) is 6.72. The van der Waals surface area contributed by atoms with Crippen LogP contribution in [0.4, 0.5) is 0 Å². The van der Waals surface area contributed by atoms with Crippen molar-refractivity contribution in [1.82, 2.24) is 35.6 Å². The van der Waals surface area contributed by atoms with Crippen LogP contribution in [0.1, 0.15) is 61.4 Å². The molecule has 3 aromatic rings. The fourth-order valence-electron chi connectivity index (χ4n) is 8.84. The largest absolute Gasteiger partial charge is 0.493 e. The first-order chi connectivity index (χ1) is 38.2. The third-order valence-electron chi connectivity index (χ3n) is 12.9. The van der Waals surface area contributed by atoms with Gasteiger partial charge in [0.05, 0.1) is 96.9 Å². The van der Waals surface area contributed by atoms with Crippen molar-refractivity contribution >= 4 is 57.9 Å². The maximum absolute atomic E-state index is 14.4. The first kappa shape index (κ1) is 60.7. The van der Waals surface area contributed by atoms with Crippen molar-refractivity contribution in [3.8, 4) is 34.3 Å². The van der Waals surface area contributed by atoms with Gasteiger partial charge in [-0.2, -0.15) is 0 Å². The fraction of sp³-hybridized carbons (Fsp3) is 0.528. The maximum Gasteiger partial charge on any atom is 0.259 e. The molecule has 26 nitrogen and oxygen atoms in total. The lowest BCUT2D eigenvalue weighted by atomic mass is 10.0. The summed E-state index contributed by atoms with van der Waals surface area (Å²) in [5, 5.41) is 21.0. The number of nitrogens with zero attached hydrogens (tertiary/aromatic N) is 3. The number of ketones is 1. The third-order valence-corrected chi connectivity index (χ3v) is 12.9. The molecule has 2 aromatic carbocycles. The second kappa shape index (κ2) is 30.6. The van der Waals surface area contributed by atoms with Crippen molar-refractivity contribution < 1.29 is 81.4 Å². The highest BCUT2D eigenvalue weighted by molar-refractivity contribution is 6.27. The molecule has 0 bridgehead atoms. The minimum Gasteiger partial charge on any atom is -0.493 e. The van der Waals surface area contributed by atoms with E-state index in [1.807, 2.05) is 0 Å². The van der Waals surface area contributed by atoms with Crippen LogP contribution in [0.25, 0.3) is 22.0 Å². The molecule has 79 heavy (non-hydrogen) atoms. The van der Waals surface area contributed by atoms with Crippen LogP contribution in [0.15, 0.2) is 41.2 Å². The molecule has 430 valence electrons. The lowest BCUT2D eigenvalue weighted by Gasteiger charge is -2.24. The van der Waals surface area contributed by atoms with Gasteiger partial charge in [-0.25, -0.2) is 0 Å². The van der Waals surface area contributed by atoms with Crippen LogP contribution in [-0.4, -0.2) is 198 Å². The van der Waals surface area contributed by atoms with Gasteiger partial charge in [-0.05, 0) is 63.4 Å². The van der Waals surface area contributed by atoms with Crippen molar-refractivity contribution in [3.05, 3.63) is 57.9 Å². The number of aliphatic hydroxyl groups excluding tert-OH is 1. The fourth-order valence-corrected chi connectivity index (χ4v) is 8.84. The van der Waals surface area contributed by atoms with E-state index in [1.165, 1.54) is 48.8 Å². The minimum absolute atomic E-state index is 0.00157. The van der Waals surface area contributed by atoms with Crippen LogP contribution < -0.4 is 51.5 Å². The molecule has 3 heterocycles. The second-order valence-corrected chi connectivity index (χ2v) is 18.3. The number of carbonyl (C=O) groups excluding carboxylic acids is 8. The molecule has 0 radical (unpaired) electrons. The second-order valence-electron chi connectivity index (χ2n) is 18.3. The van der Waals surface area contributed by atoms with Gasteiger partial charge in [0, 0.05) is 74.2 Å². The zero-order valence-electron chi connectivity index (χ0n) is 44.7. The van der Waals surface area contributed by atoms with Crippen molar-refractivity contribution in [2.24, 2.45) is 5.73 Å². The van der Waals surface area contributed by atoms with Gasteiger partial charge in [0.1, 0.15) is 12.1 Å². The number of rotatable bonds is 36. The molecular weight excluding hydrogens is 1040 g/mol. The van der Waals surface area contributed by atoms with E-state index < -0.39 is 66.2 Å². The van der Waals surface area contributed by atoms with Gasteiger partial charge in [0.2, 0.25) is 36.3 Å². The highest BCUT2D eigenvalue weighted by Crippen LogP contribution is 2.47. The summed E-state index contributed by atoms with van der Waals surface area (Å²) in [7, 11) is 2.89. The number of carbonyl (C=O) groups is 8. The summed E-state index contributed by atoms with van der Waals surface area (Å²) < 4.78 is 45.5. The molecule has 7 N–H and O–H groups in total.